The van der Waals surface area contributed by atoms with Crippen LogP contribution in [-0.2, 0) is 13.2 Å². The topological polar surface area (TPSA) is 89.9 Å². The van der Waals surface area contributed by atoms with Crippen molar-refractivity contribution < 1.29 is 4.74 Å². The van der Waals surface area contributed by atoms with Gasteiger partial charge < -0.3 is 4.74 Å². The van der Waals surface area contributed by atoms with Gasteiger partial charge in [-0.15, -0.1) is 11.3 Å². The van der Waals surface area contributed by atoms with Crippen LogP contribution in [0.2, 0.25) is 0 Å². The molecule has 8 heteroatoms. The van der Waals surface area contributed by atoms with Gasteiger partial charge in [-0.1, -0.05) is 17.7 Å². The van der Waals surface area contributed by atoms with E-state index in [-0.39, 0.29) is 18.2 Å². The van der Waals surface area contributed by atoms with Crippen LogP contribution in [-0.4, -0.2) is 14.1 Å². The molecule has 0 unspecified atom stereocenters. The lowest BCUT2D eigenvalue weighted by molar-refractivity contribution is 0.305. The monoisotopic (exact) mass is 394 g/mol. The summed E-state index contributed by atoms with van der Waals surface area (Å²) in [4.78, 5) is 29.6. The van der Waals surface area contributed by atoms with E-state index in [1.54, 1.807) is 5.38 Å². The number of thiazole rings is 1. The third kappa shape index (κ3) is 3.75. The molecule has 1 fully saturated rings. The van der Waals surface area contributed by atoms with E-state index in [2.05, 4.69) is 4.98 Å². The van der Waals surface area contributed by atoms with Crippen molar-refractivity contribution in [3.05, 3.63) is 78.5 Å². The third-order valence-corrected chi connectivity index (χ3v) is 5.43. The smallest absolute Gasteiger partial charge is 0.331 e. The van der Waals surface area contributed by atoms with E-state index in [1.165, 1.54) is 22.1 Å². The highest BCUT2D eigenvalue weighted by Gasteiger charge is 2.27. The Morgan fingerprint density at radius 3 is 2.71 bits per heavy atom. The highest BCUT2D eigenvalue weighted by atomic mass is 32.1. The molecule has 4 rings (SSSR count). The predicted octanol–water partition coefficient (Wildman–Crippen LogP) is 2.61. The summed E-state index contributed by atoms with van der Waals surface area (Å²) in [5, 5.41) is 11.8. The highest BCUT2D eigenvalue weighted by Crippen LogP contribution is 2.33. The first kappa shape index (κ1) is 18.2. The molecule has 0 radical (unpaired) electrons. The lowest BCUT2D eigenvalue weighted by Gasteiger charge is -2.09. The van der Waals surface area contributed by atoms with Gasteiger partial charge in [-0.25, -0.2) is 9.78 Å². The van der Waals surface area contributed by atoms with Gasteiger partial charge in [-0.3, -0.25) is 13.9 Å². The Morgan fingerprint density at radius 1 is 1.29 bits per heavy atom. The fourth-order valence-corrected chi connectivity index (χ4v) is 3.58. The maximum atomic E-state index is 12.7. The van der Waals surface area contributed by atoms with Gasteiger partial charge in [-0.05, 0) is 31.9 Å². The SMILES string of the molecule is Cc1ccc(OCc2nc(Cn3c(=O)c(C#N)cn(C4CC4)c3=O)cs2)cc1. The highest BCUT2D eigenvalue weighted by molar-refractivity contribution is 7.09. The molecule has 2 heterocycles. The van der Waals surface area contributed by atoms with Crippen LogP contribution in [0, 0.1) is 18.3 Å². The Labute approximate surface area is 165 Å². The average molecular weight is 394 g/mol. The minimum absolute atomic E-state index is 0.0235. The van der Waals surface area contributed by atoms with Crippen molar-refractivity contribution in [2.45, 2.75) is 39.0 Å². The van der Waals surface area contributed by atoms with Crippen LogP contribution in [0.3, 0.4) is 0 Å². The lowest BCUT2D eigenvalue weighted by atomic mass is 10.2. The molecule has 0 atom stereocenters. The van der Waals surface area contributed by atoms with Crippen molar-refractivity contribution in [3.8, 4) is 11.8 Å². The molecule has 1 aromatic carbocycles. The third-order valence-electron chi connectivity index (χ3n) is 4.56. The van der Waals surface area contributed by atoms with Crippen molar-refractivity contribution in [1.82, 2.24) is 14.1 Å². The summed E-state index contributed by atoms with van der Waals surface area (Å²) in [5.41, 5.74) is 0.770. The molecule has 0 aliphatic heterocycles. The summed E-state index contributed by atoms with van der Waals surface area (Å²) in [5.74, 6) is 0.757. The standard InChI is InChI=1S/C20H18N4O3S/c1-13-2-6-17(7-3-13)27-11-18-22-15(12-28-18)10-24-19(25)14(8-21)9-23(20(24)26)16-4-5-16/h2-3,6-7,9,12,16H,4-5,10-11H2,1H3. The molecule has 1 aliphatic rings. The van der Waals surface area contributed by atoms with Gasteiger partial charge in [0.2, 0.25) is 0 Å². The molecule has 0 saturated heterocycles. The Balaban J connectivity index is 1.53. The number of aromatic nitrogens is 3. The lowest BCUT2D eigenvalue weighted by Crippen LogP contribution is -2.41. The Hall–Kier alpha value is -3.18. The molecule has 28 heavy (non-hydrogen) atoms. The van der Waals surface area contributed by atoms with E-state index >= 15 is 0 Å². The average Bonchev–Trinajstić information content (AvgIpc) is 3.44. The maximum Gasteiger partial charge on any atom is 0.331 e. The maximum absolute atomic E-state index is 12.7. The first-order valence-electron chi connectivity index (χ1n) is 8.94. The largest absolute Gasteiger partial charge is 0.486 e. The number of hydrogen-bond donors (Lipinski definition) is 0. The Kier molecular flexibility index (Phi) is 4.84. The van der Waals surface area contributed by atoms with Crippen LogP contribution in [0.25, 0.3) is 0 Å². The molecule has 1 aliphatic carbocycles. The molecule has 142 valence electrons. The van der Waals surface area contributed by atoms with Crippen molar-refractivity contribution in [3.63, 3.8) is 0 Å². The molecule has 7 nitrogen and oxygen atoms in total. The van der Waals surface area contributed by atoms with Crippen molar-refractivity contribution >= 4 is 11.3 Å². The Morgan fingerprint density at radius 2 is 2.04 bits per heavy atom. The number of aryl methyl sites for hydroxylation is 1. The summed E-state index contributed by atoms with van der Waals surface area (Å²) >= 11 is 1.41. The molecule has 1 saturated carbocycles. The second-order valence-electron chi connectivity index (χ2n) is 6.80. The van der Waals surface area contributed by atoms with E-state index < -0.39 is 11.2 Å². The van der Waals surface area contributed by atoms with Crippen LogP contribution in [0.5, 0.6) is 5.75 Å². The number of nitrogens with zero attached hydrogens (tertiary/aromatic N) is 4. The predicted molar refractivity (Wildman–Crippen MR) is 105 cm³/mol. The molecule has 0 bridgehead atoms. The molecule has 2 aromatic heterocycles. The summed E-state index contributed by atoms with van der Waals surface area (Å²) in [6, 6.07) is 9.72. The quantitative estimate of drug-likeness (QED) is 0.641. The molecule has 0 spiro atoms. The second kappa shape index (κ2) is 7.44. The fraction of sp³-hybridized carbons (Fsp3) is 0.300. The fourth-order valence-electron chi connectivity index (χ4n) is 2.88. The zero-order valence-electron chi connectivity index (χ0n) is 15.3. The van der Waals surface area contributed by atoms with Crippen LogP contribution in [0.1, 0.15) is 40.7 Å². The summed E-state index contributed by atoms with van der Waals surface area (Å²) in [7, 11) is 0. The first-order valence-corrected chi connectivity index (χ1v) is 9.82. The van der Waals surface area contributed by atoms with E-state index in [9.17, 15) is 14.9 Å². The van der Waals surface area contributed by atoms with Crippen LogP contribution in [0.15, 0.2) is 45.4 Å². The van der Waals surface area contributed by atoms with Crippen LogP contribution >= 0.6 is 11.3 Å². The number of benzene rings is 1. The zero-order chi connectivity index (χ0) is 19.7. The van der Waals surface area contributed by atoms with Gasteiger partial charge in [0.1, 0.15) is 29.0 Å². The van der Waals surface area contributed by atoms with Gasteiger partial charge in [-0.2, -0.15) is 5.26 Å². The number of nitriles is 1. The molecular formula is C20H18N4O3S. The molecule has 3 aromatic rings. The van der Waals surface area contributed by atoms with Gasteiger partial charge in [0, 0.05) is 17.6 Å². The van der Waals surface area contributed by atoms with Gasteiger partial charge in [0.25, 0.3) is 5.56 Å². The van der Waals surface area contributed by atoms with Crippen molar-refractivity contribution in [2.24, 2.45) is 0 Å². The molecule has 0 amide bonds. The summed E-state index contributed by atoms with van der Waals surface area (Å²) in [6.45, 7) is 2.37. The van der Waals surface area contributed by atoms with Crippen molar-refractivity contribution in [1.29, 1.82) is 5.26 Å². The summed E-state index contributed by atoms with van der Waals surface area (Å²) in [6.07, 6.45) is 3.15. The normalized spacial score (nSPS) is 13.3. The zero-order valence-corrected chi connectivity index (χ0v) is 16.1. The second-order valence-corrected chi connectivity index (χ2v) is 7.74. The van der Waals surface area contributed by atoms with Gasteiger partial charge in [0.05, 0.1) is 12.2 Å². The molecule has 0 N–H and O–H groups in total. The minimum atomic E-state index is -0.574. The summed E-state index contributed by atoms with van der Waals surface area (Å²) < 4.78 is 8.31. The number of rotatable bonds is 6. The Bertz CT molecular complexity index is 1160. The van der Waals surface area contributed by atoms with E-state index in [4.69, 9.17) is 4.74 Å². The van der Waals surface area contributed by atoms with Crippen molar-refractivity contribution in [2.75, 3.05) is 0 Å². The first-order chi connectivity index (χ1) is 13.5. The van der Waals surface area contributed by atoms with Crippen LogP contribution < -0.4 is 16.0 Å². The van der Waals surface area contributed by atoms with Gasteiger partial charge in [0.15, 0.2) is 0 Å². The van der Waals surface area contributed by atoms with Crippen LogP contribution in [0.4, 0.5) is 0 Å². The van der Waals surface area contributed by atoms with E-state index in [1.807, 2.05) is 37.3 Å². The van der Waals surface area contributed by atoms with E-state index in [0.717, 1.165) is 33.7 Å². The molecular weight excluding hydrogens is 376 g/mol. The van der Waals surface area contributed by atoms with E-state index in [0.29, 0.717) is 12.3 Å². The number of ether oxygens (including phenoxy) is 1. The van der Waals surface area contributed by atoms with Gasteiger partial charge >= 0.3 is 5.69 Å². The number of hydrogen-bond acceptors (Lipinski definition) is 6. The minimum Gasteiger partial charge on any atom is -0.486 e.